The van der Waals surface area contributed by atoms with E-state index in [1.165, 1.54) is 0 Å². The lowest BCUT2D eigenvalue weighted by atomic mass is 10.4. The molecule has 2 aromatic rings. The third kappa shape index (κ3) is 4.32. The number of hydrogen-bond acceptors (Lipinski definition) is 4. The van der Waals surface area contributed by atoms with E-state index in [4.69, 9.17) is 4.42 Å². The van der Waals surface area contributed by atoms with Crippen LogP contribution in [0.5, 0.6) is 0 Å². The summed E-state index contributed by atoms with van der Waals surface area (Å²) in [4.78, 5) is 13.0. The molecule has 0 amide bonds. The molecule has 0 aliphatic rings. The van der Waals surface area contributed by atoms with Gasteiger partial charge in [0.2, 0.25) is 0 Å². The summed E-state index contributed by atoms with van der Waals surface area (Å²) in [5, 5.41) is 0. The Hall–Kier alpha value is 1.17. The smallest absolute Gasteiger partial charge is 0.199 e. The molecule has 2 rings (SSSR count). The van der Waals surface area contributed by atoms with Gasteiger partial charge >= 0.3 is 0 Å². The molecule has 102 valence electrons. The number of nitrogens with zero attached hydrogens (tertiary/aromatic N) is 3. The fraction of sp³-hybridized carbons (Fsp3) is 0.222. The maximum Gasteiger partial charge on any atom is 0.199 e. The summed E-state index contributed by atoms with van der Waals surface area (Å²) in [6, 6.07) is 3.55. The maximum absolute atomic E-state index is 5.31. The quantitative estimate of drug-likeness (QED) is 0.372. The Labute approximate surface area is 159 Å². The van der Waals surface area contributed by atoms with Gasteiger partial charge in [0.05, 0.1) is 6.26 Å². The monoisotopic (exact) mass is 643 g/mol. The summed E-state index contributed by atoms with van der Waals surface area (Å²) < 4.78 is 3.82. The molecular weight excluding hydrogens is 646 g/mol. The molecule has 10 heteroatoms. The van der Waals surface area contributed by atoms with Crippen LogP contribution in [0.3, 0.4) is 0 Å². The van der Waals surface area contributed by atoms with Crippen molar-refractivity contribution in [2.24, 2.45) is 0 Å². The Morgan fingerprint density at radius 2 is 1.37 bits per heavy atom. The Morgan fingerprint density at radius 3 is 1.74 bits per heavy atom. The van der Waals surface area contributed by atoms with Crippen molar-refractivity contribution in [3.8, 4) is 11.6 Å². The Bertz CT molecular complexity index is 542. The van der Waals surface area contributed by atoms with Gasteiger partial charge < -0.3 is 4.42 Å². The fourth-order valence-corrected chi connectivity index (χ4v) is 2.21. The highest BCUT2D eigenvalue weighted by atomic mass is 80.0. The molecule has 0 unspecified atom stereocenters. The Balaban J connectivity index is 2.62. The summed E-state index contributed by atoms with van der Waals surface area (Å²) >= 11 is 20.3. The molecular formula is C9H3Br6N3O. The third-order valence-corrected chi connectivity index (χ3v) is 4.01. The topological polar surface area (TPSA) is 51.8 Å². The second-order valence-corrected chi connectivity index (χ2v) is 16.8. The van der Waals surface area contributed by atoms with E-state index in [1.54, 1.807) is 18.4 Å². The van der Waals surface area contributed by atoms with Crippen molar-refractivity contribution in [2.75, 3.05) is 0 Å². The first-order chi connectivity index (χ1) is 8.68. The number of hydrogen-bond donors (Lipinski definition) is 0. The lowest BCUT2D eigenvalue weighted by molar-refractivity contribution is 0.575. The van der Waals surface area contributed by atoms with Crippen molar-refractivity contribution in [2.45, 2.75) is 4.29 Å². The van der Waals surface area contributed by atoms with Gasteiger partial charge in [-0.2, -0.15) is 0 Å². The third-order valence-electron chi connectivity index (χ3n) is 1.88. The molecule has 0 aliphatic heterocycles. The second kappa shape index (κ2) is 6.12. The first kappa shape index (κ1) is 16.5. The number of furan rings is 1. The van der Waals surface area contributed by atoms with Crippen LogP contribution in [-0.4, -0.2) is 15.0 Å². The van der Waals surface area contributed by atoms with Crippen LogP contribution in [0.1, 0.15) is 11.6 Å². The molecule has 0 spiro atoms. The zero-order chi connectivity index (χ0) is 14.3. The molecule has 2 aromatic heterocycles. The van der Waals surface area contributed by atoms with Crippen molar-refractivity contribution in [1.82, 2.24) is 15.0 Å². The van der Waals surface area contributed by atoms with Gasteiger partial charge in [-0.25, -0.2) is 15.0 Å². The molecule has 4 nitrogen and oxygen atoms in total. The van der Waals surface area contributed by atoms with Crippen molar-refractivity contribution in [1.29, 1.82) is 0 Å². The van der Waals surface area contributed by atoms with Crippen molar-refractivity contribution >= 4 is 95.6 Å². The molecule has 0 N–H and O–H groups in total. The van der Waals surface area contributed by atoms with Crippen LogP contribution in [0, 0.1) is 0 Å². The Kier molecular flexibility index (Phi) is 5.32. The van der Waals surface area contributed by atoms with Gasteiger partial charge in [0, 0.05) is 0 Å². The highest BCUT2D eigenvalue weighted by Gasteiger charge is 2.32. The van der Waals surface area contributed by atoms with Gasteiger partial charge in [0.15, 0.2) is 27.5 Å². The predicted octanol–water partition coefficient (Wildman–Crippen LogP) is 5.72. The van der Waals surface area contributed by atoms with Gasteiger partial charge in [0.25, 0.3) is 0 Å². The van der Waals surface area contributed by atoms with Crippen molar-refractivity contribution < 1.29 is 4.42 Å². The normalized spacial score (nSPS) is 12.7. The number of alkyl halides is 6. The molecule has 0 saturated heterocycles. The summed E-state index contributed by atoms with van der Waals surface area (Å²) in [5.41, 5.74) is 0. The van der Waals surface area contributed by atoms with Crippen LogP contribution >= 0.6 is 95.6 Å². The van der Waals surface area contributed by atoms with Crippen LogP contribution in [0.15, 0.2) is 22.8 Å². The molecule has 0 aliphatic carbocycles. The van der Waals surface area contributed by atoms with E-state index in [0.717, 1.165) is 0 Å². The van der Waals surface area contributed by atoms with Crippen LogP contribution < -0.4 is 0 Å². The van der Waals surface area contributed by atoms with E-state index in [2.05, 4.69) is 111 Å². The number of aromatic nitrogens is 3. The first-order valence-electron chi connectivity index (χ1n) is 4.62. The van der Waals surface area contributed by atoms with Gasteiger partial charge in [0.1, 0.15) is 0 Å². The highest BCUT2D eigenvalue weighted by molar-refractivity contribution is 9.39. The molecule has 0 aromatic carbocycles. The van der Waals surface area contributed by atoms with Crippen LogP contribution in [0.2, 0.25) is 0 Å². The largest absolute Gasteiger partial charge is 0.461 e. The molecule has 2 heterocycles. The van der Waals surface area contributed by atoms with Crippen molar-refractivity contribution in [3.05, 3.63) is 30.0 Å². The average Bonchev–Trinajstić information content (AvgIpc) is 2.79. The minimum absolute atomic E-state index is 0.426. The second-order valence-electron chi connectivity index (χ2n) is 3.28. The van der Waals surface area contributed by atoms with E-state index in [-0.39, 0.29) is 0 Å². The number of halogens is 6. The zero-order valence-electron chi connectivity index (χ0n) is 8.75. The van der Waals surface area contributed by atoms with Crippen molar-refractivity contribution in [3.63, 3.8) is 0 Å². The minimum atomic E-state index is -0.746. The van der Waals surface area contributed by atoms with Crippen LogP contribution in [-0.2, 0) is 4.29 Å². The van der Waals surface area contributed by atoms with Crippen LogP contribution in [0.4, 0.5) is 0 Å². The van der Waals surface area contributed by atoms with E-state index in [9.17, 15) is 0 Å². The first-order valence-corrected chi connectivity index (χ1v) is 9.38. The van der Waals surface area contributed by atoms with E-state index in [1.807, 2.05) is 0 Å². The van der Waals surface area contributed by atoms with Gasteiger partial charge in [-0.3, -0.25) is 0 Å². The standard InChI is InChI=1S/C9H3Br6N3O/c10-8(11,12)6-16-5(4-2-1-3-19-4)17-7(18-6)9(13,14)15/h1-3H. The van der Waals surface area contributed by atoms with E-state index in [0.29, 0.717) is 23.2 Å². The predicted molar refractivity (Wildman–Crippen MR) is 94.4 cm³/mol. The zero-order valence-corrected chi connectivity index (χ0v) is 18.3. The lowest BCUT2D eigenvalue weighted by Crippen LogP contribution is -2.15. The molecule has 0 bridgehead atoms. The van der Waals surface area contributed by atoms with Gasteiger partial charge in [-0.05, 0) is 12.1 Å². The SMILES string of the molecule is BrC(Br)(Br)c1nc(-c2ccco2)nc(C(Br)(Br)Br)n1. The van der Waals surface area contributed by atoms with Crippen LogP contribution in [0.25, 0.3) is 11.6 Å². The highest BCUT2D eigenvalue weighted by Crippen LogP contribution is 2.46. The molecule has 0 radical (unpaired) electrons. The van der Waals surface area contributed by atoms with E-state index < -0.39 is 4.29 Å². The fourth-order valence-electron chi connectivity index (χ4n) is 1.15. The minimum Gasteiger partial charge on any atom is -0.461 e. The maximum atomic E-state index is 5.31. The average molecular weight is 649 g/mol. The van der Waals surface area contributed by atoms with Gasteiger partial charge in [-0.1, -0.05) is 95.6 Å². The summed E-state index contributed by atoms with van der Waals surface area (Å²) in [6.45, 7) is 0. The van der Waals surface area contributed by atoms with E-state index >= 15 is 0 Å². The van der Waals surface area contributed by atoms with Gasteiger partial charge in [-0.15, -0.1) is 0 Å². The molecule has 19 heavy (non-hydrogen) atoms. The molecule has 0 saturated carbocycles. The molecule has 0 fully saturated rings. The summed E-state index contributed by atoms with van der Waals surface area (Å²) in [6.07, 6.45) is 1.56. The molecule has 0 atom stereocenters. The summed E-state index contributed by atoms with van der Waals surface area (Å²) in [7, 11) is 0. The lowest BCUT2D eigenvalue weighted by Gasteiger charge is -2.16. The summed E-state index contributed by atoms with van der Waals surface area (Å²) in [5.74, 6) is 1.88. The number of rotatable bonds is 1. The Morgan fingerprint density at radius 1 is 0.842 bits per heavy atom.